The molecule has 1 aliphatic heterocycles. The van der Waals surface area contributed by atoms with Crippen LogP contribution in [0.1, 0.15) is 40.0 Å². The van der Waals surface area contributed by atoms with E-state index in [0.717, 1.165) is 6.54 Å². The van der Waals surface area contributed by atoms with Crippen LogP contribution < -0.4 is 5.32 Å². The molecule has 1 N–H and O–H groups in total. The number of rotatable bonds is 2. The first-order valence-electron chi connectivity index (χ1n) is 5.64. The van der Waals surface area contributed by atoms with Gasteiger partial charge in [0.25, 0.3) is 0 Å². The van der Waals surface area contributed by atoms with Crippen molar-refractivity contribution in [1.29, 1.82) is 0 Å². The van der Waals surface area contributed by atoms with Gasteiger partial charge in [-0.3, -0.25) is 0 Å². The summed E-state index contributed by atoms with van der Waals surface area (Å²) in [7, 11) is 4.14. The maximum Gasteiger partial charge on any atom is -0.00213 e. The van der Waals surface area contributed by atoms with E-state index in [9.17, 15) is 0 Å². The topological polar surface area (TPSA) is 15.3 Å². The Hall–Kier alpha value is -0.0800. The summed E-state index contributed by atoms with van der Waals surface area (Å²) in [5, 5.41) is 3.02. The molecule has 0 amide bonds. The Morgan fingerprint density at radius 1 is 1.15 bits per heavy atom. The minimum absolute atomic E-state index is 1.14. The van der Waals surface area contributed by atoms with Crippen molar-refractivity contribution >= 4 is 0 Å². The smallest absolute Gasteiger partial charge is 0.00213 e. The third kappa shape index (κ3) is 14.7. The van der Waals surface area contributed by atoms with Crippen LogP contribution in [-0.2, 0) is 0 Å². The standard InChI is InChI=1S/C5H11N.C4H11N.C2H6/c1-6-4-2-3-5-6;1-3-4-5-2;1-2/h2-5H2,1H3;5H,3-4H2,1-2H3;1-2H3. The average molecular weight is 188 g/mol. The van der Waals surface area contributed by atoms with Crippen molar-refractivity contribution < 1.29 is 0 Å². The van der Waals surface area contributed by atoms with Crippen LogP contribution in [0.15, 0.2) is 0 Å². The van der Waals surface area contributed by atoms with Crippen LogP contribution >= 0.6 is 0 Å². The van der Waals surface area contributed by atoms with E-state index >= 15 is 0 Å². The van der Waals surface area contributed by atoms with Gasteiger partial charge in [-0.25, -0.2) is 0 Å². The highest BCUT2D eigenvalue weighted by Gasteiger charge is 2.03. The lowest BCUT2D eigenvalue weighted by Gasteiger charge is -2.01. The molecule has 0 aromatic rings. The second-order valence-corrected chi connectivity index (χ2v) is 3.11. The van der Waals surface area contributed by atoms with Gasteiger partial charge in [-0.05, 0) is 53.0 Å². The Labute approximate surface area is 84.7 Å². The fourth-order valence-corrected chi connectivity index (χ4v) is 1.13. The summed E-state index contributed by atoms with van der Waals surface area (Å²) in [6, 6.07) is 0. The molecule has 0 spiro atoms. The van der Waals surface area contributed by atoms with Crippen LogP contribution in [0.3, 0.4) is 0 Å². The molecule has 0 aromatic carbocycles. The minimum Gasteiger partial charge on any atom is -0.320 e. The Morgan fingerprint density at radius 3 is 1.69 bits per heavy atom. The average Bonchev–Trinajstić information content (AvgIpc) is 2.62. The minimum atomic E-state index is 1.14. The van der Waals surface area contributed by atoms with Crippen molar-refractivity contribution in [3.05, 3.63) is 0 Å². The first kappa shape index (κ1) is 15.4. The largest absolute Gasteiger partial charge is 0.320 e. The normalized spacial score (nSPS) is 15.5. The molecule has 0 unspecified atom stereocenters. The third-order valence-corrected chi connectivity index (χ3v) is 1.83. The van der Waals surface area contributed by atoms with E-state index in [1.807, 2.05) is 20.9 Å². The van der Waals surface area contributed by atoms with Crippen molar-refractivity contribution in [3.8, 4) is 0 Å². The first-order valence-corrected chi connectivity index (χ1v) is 5.64. The van der Waals surface area contributed by atoms with Gasteiger partial charge in [0, 0.05) is 0 Å². The maximum absolute atomic E-state index is 3.02. The maximum atomic E-state index is 3.02. The molecule has 1 rings (SSSR count). The SMILES string of the molecule is CC.CCCNC.CN1CCCC1. The molecule has 1 heterocycles. The fraction of sp³-hybridized carbons (Fsp3) is 1.00. The molecule has 0 radical (unpaired) electrons. The molecule has 1 aliphatic rings. The summed E-state index contributed by atoms with van der Waals surface area (Å²) in [6.07, 6.45) is 4.06. The molecular weight excluding hydrogens is 160 g/mol. The van der Waals surface area contributed by atoms with Gasteiger partial charge < -0.3 is 10.2 Å². The summed E-state index contributed by atoms with van der Waals surface area (Å²) in [5.74, 6) is 0. The predicted molar refractivity (Wildman–Crippen MR) is 62.3 cm³/mol. The predicted octanol–water partition coefficient (Wildman–Crippen LogP) is 2.35. The molecule has 0 aromatic heterocycles. The Kier molecular flexibility index (Phi) is 17.1. The molecule has 13 heavy (non-hydrogen) atoms. The van der Waals surface area contributed by atoms with E-state index in [0.29, 0.717) is 0 Å². The van der Waals surface area contributed by atoms with E-state index < -0.39 is 0 Å². The van der Waals surface area contributed by atoms with Gasteiger partial charge in [-0.15, -0.1) is 0 Å². The number of hydrogen-bond acceptors (Lipinski definition) is 2. The van der Waals surface area contributed by atoms with Crippen molar-refractivity contribution in [1.82, 2.24) is 10.2 Å². The van der Waals surface area contributed by atoms with Gasteiger partial charge in [0.1, 0.15) is 0 Å². The van der Waals surface area contributed by atoms with Crippen molar-refractivity contribution in [3.63, 3.8) is 0 Å². The zero-order valence-corrected chi connectivity index (χ0v) is 10.2. The Morgan fingerprint density at radius 2 is 1.62 bits per heavy atom. The zero-order valence-electron chi connectivity index (χ0n) is 10.2. The second kappa shape index (κ2) is 14.4. The van der Waals surface area contributed by atoms with Crippen LogP contribution in [0.2, 0.25) is 0 Å². The van der Waals surface area contributed by atoms with Gasteiger partial charge in [0.15, 0.2) is 0 Å². The van der Waals surface area contributed by atoms with E-state index in [-0.39, 0.29) is 0 Å². The summed E-state index contributed by atoms with van der Waals surface area (Å²) in [6.45, 7) is 9.93. The first-order chi connectivity index (χ1) is 6.31. The van der Waals surface area contributed by atoms with E-state index in [1.54, 1.807) is 0 Å². The molecule has 0 atom stereocenters. The highest BCUT2D eigenvalue weighted by molar-refractivity contribution is 4.59. The second-order valence-electron chi connectivity index (χ2n) is 3.11. The van der Waals surface area contributed by atoms with Crippen molar-refractivity contribution in [2.75, 3.05) is 33.7 Å². The zero-order chi connectivity index (χ0) is 10.5. The third-order valence-electron chi connectivity index (χ3n) is 1.83. The van der Waals surface area contributed by atoms with E-state index in [4.69, 9.17) is 0 Å². The van der Waals surface area contributed by atoms with Crippen molar-refractivity contribution in [2.24, 2.45) is 0 Å². The van der Waals surface area contributed by atoms with E-state index in [2.05, 4.69) is 24.2 Å². The molecule has 0 saturated carbocycles. The summed E-state index contributed by atoms with van der Waals surface area (Å²) in [4.78, 5) is 2.36. The van der Waals surface area contributed by atoms with Gasteiger partial charge in [0.2, 0.25) is 0 Å². The van der Waals surface area contributed by atoms with Gasteiger partial charge >= 0.3 is 0 Å². The summed E-state index contributed by atoms with van der Waals surface area (Å²) < 4.78 is 0. The number of nitrogens with one attached hydrogen (secondary N) is 1. The monoisotopic (exact) mass is 188 g/mol. The number of hydrogen-bond donors (Lipinski definition) is 1. The molecule has 1 saturated heterocycles. The van der Waals surface area contributed by atoms with Crippen LogP contribution in [0, 0.1) is 0 Å². The molecule has 1 fully saturated rings. The van der Waals surface area contributed by atoms with Crippen LogP contribution in [0.25, 0.3) is 0 Å². The Bertz CT molecular complexity index is 66.5. The van der Waals surface area contributed by atoms with Crippen molar-refractivity contribution in [2.45, 2.75) is 40.0 Å². The fourth-order valence-electron chi connectivity index (χ4n) is 1.13. The highest BCUT2D eigenvalue weighted by Crippen LogP contribution is 2.01. The Balaban J connectivity index is 0. The van der Waals surface area contributed by atoms with Crippen LogP contribution in [0.5, 0.6) is 0 Å². The number of nitrogens with zero attached hydrogens (tertiary/aromatic N) is 1. The summed E-state index contributed by atoms with van der Waals surface area (Å²) in [5.41, 5.74) is 0. The van der Waals surface area contributed by atoms with Gasteiger partial charge in [0.05, 0.1) is 0 Å². The molecule has 0 aliphatic carbocycles. The molecule has 2 heteroatoms. The lowest BCUT2D eigenvalue weighted by Crippen LogP contribution is -2.10. The summed E-state index contributed by atoms with van der Waals surface area (Å²) >= 11 is 0. The van der Waals surface area contributed by atoms with Gasteiger partial charge in [-0.2, -0.15) is 0 Å². The van der Waals surface area contributed by atoms with Crippen LogP contribution in [0.4, 0.5) is 0 Å². The molecule has 82 valence electrons. The highest BCUT2D eigenvalue weighted by atomic mass is 15.1. The van der Waals surface area contributed by atoms with Crippen LogP contribution in [-0.4, -0.2) is 38.6 Å². The van der Waals surface area contributed by atoms with Gasteiger partial charge in [-0.1, -0.05) is 20.8 Å². The molecule has 0 bridgehead atoms. The lowest BCUT2D eigenvalue weighted by molar-refractivity contribution is 0.418. The lowest BCUT2D eigenvalue weighted by atomic mass is 10.4. The quantitative estimate of drug-likeness (QED) is 0.715. The number of likely N-dealkylation sites (tertiary alicyclic amines) is 1. The molecule has 2 nitrogen and oxygen atoms in total. The molecular formula is C11H28N2. The van der Waals surface area contributed by atoms with E-state index in [1.165, 1.54) is 32.4 Å².